The fourth-order valence-electron chi connectivity index (χ4n) is 1.44. The second-order valence-corrected chi connectivity index (χ2v) is 3.54. The zero-order valence-electron chi connectivity index (χ0n) is 8.34. The molecule has 1 aromatic rings. The highest BCUT2D eigenvalue weighted by Crippen LogP contribution is 2.32. The molecule has 15 heavy (non-hydrogen) atoms. The van der Waals surface area contributed by atoms with Crippen LogP contribution in [0.3, 0.4) is 0 Å². The molecule has 0 bridgehead atoms. The van der Waals surface area contributed by atoms with Crippen LogP contribution in [0.1, 0.15) is 6.92 Å². The molecule has 2 rings (SSSR count). The average Bonchev–Trinajstić information content (AvgIpc) is 2.27. The van der Waals surface area contributed by atoms with Gasteiger partial charge in [-0.1, -0.05) is 12.1 Å². The molecule has 4 heteroatoms. The van der Waals surface area contributed by atoms with Crippen LogP contribution in [0.15, 0.2) is 24.3 Å². The molecule has 0 saturated carbocycles. The lowest BCUT2D eigenvalue weighted by Gasteiger charge is -2.28. The molecule has 1 heterocycles. The summed E-state index contributed by atoms with van der Waals surface area (Å²) >= 11 is 0. The van der Waals surface area contributed by atoms with Gasteiger partial charge in [-0.05, 0) is 19.1 Å². The number of hydrogen-bond donors (Lipinski definition) is 1. The molecule has 0 spiro atoms. The third-order valence-corrected chi connectivity index (χ3v) is 2.48. The van der Waals surface area contributed by atoms with Gasteiger partial charge >= 0.3 is 5.97 Å². The molecule has 80 valence electrons. The first-order valence-corrected chi connectivity index (χ1v) is 4.80. The maximum absolute atomic E-state index is 10.8. The summed E-state index contributed by atoms with van der Waals surface area (Å²) in [5.41, 5.74) is 0. The number of benzene rings is 1. The Morgan fingerprint density at radius 1 is 1.47 bits per heavy atom. The fourth-order valence-corrected chi connectivity index (χ4v) is 1.44. The van der Waals surface area contributed by atoms with Crippen LogP contribution in [0.25, 0.3) is 0 Å². The number of carboxylic acid groups (broad SMARTS) is 1. The number of para-hydroxylation sites is 2. The van der Waals surface area contributed by atoms with Gasteiger partial charge in [-0.15, -0.1) is 0 Å². The van der Waals surface area contributed by atoms with Gasteiger partial charge in [0.15, 0.2) is 11.5 Å². The molecular formula is C11H12O4. The maximum atomic E-state index is 10.8. The molecule has 0 radical (unpaired) electrons. The van der Waals surface area contributed by atoms with Crippen LogP contribution >= 0.6 is 0 Å². The normalized spacial score (nSPS) is 20.7. The lowest BCUT2D eigenvalue weighted by Crippen LogP contribution is -2.38. The van der Waals surface area contributed by atoms with Crippen molar-refractivity contribution in [3.63, 3.8) is 0 Å². The summed E-state index contributed by atoms with van der Waals surface area (Å²) in [7, 11) is 0. The molecule has 2 atom stereocenters. The Labute approximate surface area is 87.4 Å². The molecule has 1 aromatic carbocycles. The Balaban J connectivity index is 2.15. The van der Waals surface area contributed by atoms with E-state index in [4.69, 9.17) is 14.6 Å². The number of fused-ring (bicyclic) bond motifs is 1. The van der Waals surface area contributed by atoms with Gasteiger partial charge in [0.25, 0.3) is 0 Å². The van der Waals surface area contributed by atoms with E-state index in [-0.39, 0.29) is 6.61 Å². The van der Waals surface area contributed by atoms with E-state index in [9.17, 15) is 4.79 Å². The van der Waals surface area contributed by atoms with Gasteiger partial charge in [0.05, 0.1) is 5.92 Å². The Morgan fingerprint density at radius 3 is 2.80 bits per heavy atom. The second-order valence-electron chi connectivity index (χ2n) is 3.54. The first-order valence-electron chi connectivity index (χ1n) is 4.80. The quantitative estimate of drug-likeness (QED) is 0.801. The highest BCUT2D eigenvalue weighted by molar-refractivity contribution is 5.70. The maximum Gasteiger partial charge on any atom is 0.310 e. The Kier molecular flexibility index (Phi) is 2.49. The van der Waals surface area contributed by atoms with E-state index >= 15 is 0 Å². The van der Waals surface area contributed by atoms with Crippen molar-refractivity contribution in [1.29, 1.82) is 0 Å². The van der Waals surface area contributed by atoms with Crippen molar-refractivity contribution in [2.75, 3.05) is 6.61 Å². The summed E-state index contributed by atoms with van der Waals surface area (Å²) in [5.74, 6) is -0.158. The van der Waals surface area contributed by atoms with Crippen LogP contribution in [0.2, 0.25) is 0 Å². The van der Waals surface area contributed by atoms with Crippen molar-refractivity contribution in [2.45, 2.75) is 13.0 Å². The van der Waals surface area contributed by atoms with E-state index in [0.29, 0.717) is 11.5 Å². The number of carbonyl (C=O) groups is 1. The van der Waals surface area contributed by atoms with Crippen molar-refractivity contribution in [3.8, 4) is 11.5 Å². The van der Waals surface area contributed by atoms with E-state index in [0.717, 1.165) is 0 Å². The zero-order chi connectivity index (χ0) is 10.8. The van der Waals surface area contributed by atoms with Gasteiger partial charge in [-0.2, -0.15) is 0 Å². The lowest BCUT2D eigenvalue weighted by atomic mass is 10.1. The van der Waals surface area contributed by atoms with Crippen LogP contribution in [-0.4, -0.2) is 23.8 Å². The number of rotatable bonds is 2. The Hall–Kier alpha value is -1.71. The molecule has 1 aliphatic heterocycles. The zero-order valence-corrected chi connectivity index (χ0v) is 8.34. The number of carboxylic acids is 1. The summed E-state index contributed by atoms with van der Waals surface area (Å²) in [5, 5.41) is 8.85. The smallest absolute Gasteiger partial charge is 0.310 e. The molecule has 0 aliphatic carbocycles. The van der Waals surface area contributed by atoms with E-state index < -0.39 is 18.0 Å². The van der Waals surface area contributed by atoms with Crippen LogP contribution < -0.4 is 9.47 Å². The number of hydrogen-bond acceptors (Lipinski definition) is 3. The lowest BCUT2D eigenvalue weighted by molar-refractivity contribution is -0.145. The van der Waals surface area contributed by atoms with Crippen LogP contribution in [0.5, 0.6) is 11.5 Å². The standard InChI is InChI=1S/C11H12O4/c1-7(11(12)13)10-6-14-8-4-2-3-5-9(8)15-10/h2-5,7,10H,6H2,1H3,(H,12,13)/t7-,10?/m1/s1. The summed E-state index contributed by atoms with van der Waals surface area (Å²) in [6, 6.07) is 7.26. The summed E-state index contributed by atoms with van der Waals surface area (Å²) < 4.78 is 11.0. The number of aliphatic carboxylic acids is 1. The van der Waals surface area contributed by atoms with E-state index in [2.05, 4.69) is 0 Å². The molecule has 0 fully saturated rings. The minimum absolute atomic E-state index is 0.282. The van der Waals surface area contributed by atoms with Crippen LogP contribution in [0.4, 0.5) is 0 Å². The van der Waals surface area contributed by atoms with Crippen molar-refractivity contribution >= 4 is 5.97 Å². The van der Waals surface area contributed by atoms with Gasteiger partial charge in [-0.3, -0.25) is 4.79 Å². The first-order chi connectivity index (χ1) is 7.18. The van der Waals surface area contributed by atoms with E-state index in [1.807, 2.05) is 12.1 Å². The van der Waals surface area contributed by atoms with Gasteiger partial charge in [0, 0.05) is 0 Å². The fraction of sp³-hybridized carbons (Fsp3) is 0.364. The molecule has 1 aliphatic rings. The highest BCUT2D eigenvalue weighted by atomic mass is 16.6. The highest BCUT2D eigenvalue weighted by Gasteiger charge is 2.30. The SMILES string of the molecule is C[C@@H](C(=O)O)C1COc2ccccc2O1. The van der Waals surface area contributed by atoms with Gasteiger partial charge in [0.2, 0.25) is 0 Å². The van der Waals surface area contributed by atoms with Crippen molar-refractivity contribution in [2.24, 2.45) is 5.92 Å². The molecule has 0 amide bonds. The summed E-state index contributed by atoms with van der Waals surface area (Å²) in [6.07, 6.45) is -0.419. The van der Waals surface area contributed by atoms with E-state index in [1.165, 1.54) is 0 Å². The van der Waals surface area contributed by atoms with Crippen molar-refractivity contribution in [3.05, 3.63) is 24.3 Å². The van der Waals surface area contributed by atoms with E-state index in [1.54, 1.807) is 19.1 Å². The van der Waals surface area contributed by atoms with Gasteiger partial charge < -0.3 is 14.6 Å². The van der Waals surface area contributed by atoms with Crippen molar-refractivity contribution in [1.82, 2.24) is 0 Å². The molecule has 1 N–H and O–H groups in total. The Bertz CT molecular complexity index is 375. The molecular weight excluding hydrogens is 196 g/mol. The van der Waals surface area contributed by atoms with Crippen LogP contribution in [0, 0.1) is 5.92 Å². The predicted molar refractivity (Wildman–Crippen MR) is 53.2 cm³/mol. The average molecular weight is 208 g/mol. The van der Waals surface area contributed by atoms with Crippen LogP contribution in [-0.2, 0) is 4.79 Å². The summed E-state index contributed by atoms with van der Waals surface area (Å²) in [4.78, 5) is 10.8. The van der Waals surface area contributed by atoms with Crippen molar-refractivity contribution < 1.29 is 19.4 Å². The number of ether oxygens (including phenoxy) is 2. The molecule has 0 saturated heterocycles. The minimum Gasteiger partial charge on any atom is -0.486 e. The second kappa shape index (κ2) is 3.81. The summed E-state index contributed by atoms with van der Waals surface area (Å²) in [6.45, 7) is 1.90. The first kappa shape index (κ1) is 9.83. The largest absolute Gasteiger partial charge is 0.486 e. The molecule has 0 aromatic heterocycles. The van der Waals surface area contributed by atoms with Gasteiger partial charge in [0.1, 0.15) is 12.7 Å². The topological polar surface area (TPSA) is 55.8 Å². The predicted octanol–water partition coefficient (Wildman–Crippen LogP) is 1.55. The monoisotopic (exact) mass is 208 g/mol. The molecule has 1 unspecified atom stereocenters. The molecule has 4 nitrogen and oxygen atoms in total. The van der Waals surface area contributed by atoms with Gasteiger partial charge in [-0.25, -0.2) is 0 Å². The third kappa shape index (κ3) is 1.88. The Morgan fingerprint density at radius 2 is 2.13 bits per heavy atom. The minimum atomic E-state index is -0.872. The third-order valence-electron chi connectivity index (χ3n) is 2.48.